The number of aromatic nitrogens is 2. The van der Waals surface area contributed by atoms with Gasteiger partial charge in [-0.15, -0.1) is 0 Å². The second kappa shape index (κ2) is 13.0. The highest BCUT2D eigenvalue weighted by Gasteiger charge is 2.35. The molecule has 220 valence electrons. The molecule has 1 aliphatic rings. The van der Waals surface area contributed by atoms with Crippen LogP contribution in [0.3, 0.4) is 0 Å². The molecular formula is C30H35F3N4O3S. The summed E-state index contributed by atoms with van der Waals surface area (Å²) in [5.41, 5.74) is -1.33. The molecule has 4 rings (SSSR count). The molecule has 0 radical (unpaired) electrons. The summed E-state index contributed by atoms with van der Waals surface area (Å²) in [6, 6.07) is 10.3. The molecule has 2 aromatic heterocycles. The van der Waals surface area contributed by atoms with Gasteiger partial charge in [-0.3, -0.25) is 4.72 Å². The summed E-state index contributed by atoms with van der Waals surface area (Å²) in [4.78, 5) is 21.9. The van der Waals surface area contributed by atoms with E-state index in [1.165, 1.54) is 37.3 Å². The molecule has 0 aliphatic carbocycles. The quantitative estimate of drug-likeness (QED) is 0.353. The van der Waals surface area contributed by atoms with E-state index in [1.807, 2.05) is 4.90 Å². The number of ketones is 1. The number of carbonyl (C=O) groups is 1. The van der Waals surface area contributed by atoms with Gasteiger partial charge in [0.2, 0.25) is 0 Å². The number of anilines is 2. The maximum Gasteiger partial charge on any atom is 0.418 e. The number of nitrogens with one attached hydrogen (secondary N) is 1. The molecule has 0 fully saturated rings. The van der Waals surface area contributed by atoms with Gasteiger partial charge in [-0.25, -0.2) is 9.97 Å². The van der Waals surface area contributed by atoms with Crippen LogP contribution < -0.4 is 9.62 Å². The Morgan fingerprint density at radius 1 is 1.05 bits per heavy atom. The topological polar surface area (TPSA) is 92.3 Å². The van der Waals surface area contributed by atoms with Crippen molar-refractivity contribution in [1.29, 1.82) is 0 Å². The van der Waals surface area contributed by atoms with Crippen LogP contribution in [0.15, 0.2) is 53.6 Å². The molecule has 4 bridgehead atoms. The highest BCUT2D eigenvalue weighted by Crippen LogP contribution is 2.39. The van der Waals surface area contributed by atoms with Crippen LogP contribution in [0.4, 0.5) is 24.8 Å². The lowest BCUT2D eigenvalue weighted by Crippen LogP contribution is -2.28. The molecule has 1 N–H and O–H groups in total. The lowest BCUT2D eigenvalue weighted by Gasteiger charge is -2.24. The van der Waals surface area contributed by atoms with Gasteiger partial charge in [0.15, 0.2) is 5.03 Å². The first-order chi connectivity index (χ1) is 20.6. The second-order valence-corrected chi connectivity index (χ2v) is 11.8. The van der Waals surface area contributed by atoms with Crippen LogP contribution in [0.2, 0.25) is 0 Å². The summed E-state index contributed by atoms with van der Waals surface area (Å²) >= 11 is 0. The number of halogens is 3. The van der Waals surface area contributed by atoms with E-state index in [0.717, 1.165) is 37.8 Å². The fourth-order valence-electron chi connectivity index (χ4n) is 4.89. The first-order valence-electron chi connectivity index (χ1n) is 15.1. The largest absolute Gasteiger partial charge is 0.418 e. The molecule has 1 aromatic carbocycles. The first-order valence-corrected chi connectivity index (χ1v) is 15.1. The third-order valence-corrected chi connectivity index (χ3v) is 8.20. The Kier molecular flexibility index (Phi) is 8.39. The summed E-state index contributed by atoms with van der Waals surface area (Å²) in [5, 5.41) is -0.346. The third-order valence-electron chi connectivity index (χ3n) is 6.94. The molecule has 3 aromatic rings. The Morgan fingerprint density at radius 3 is 2.59 bits per heavy atom. The Bertz CT molecular complexity index is 1600. The van der Waals surface area contributed by atoms with E-state index < -0.39 is 34.3 Å². The van der Waals surface area contributed by atoms with Crippen LogP contribution >= 0.6 is 0 Å². The average Bonchev–Trinajstić information content (AvgIpc) is 2.94. The van der Waals surface area contributed by atoms with Crippen LogP contribution in [0.5, 0.6) is 0 Å². The van der Waals surface area contributed by atoms with Gasteiger partial charge in [0.05, 0.1) is 11.3 Å². The van der Waals surface area contributed by atoms with Crippen LogP contribution in [-0.2, 0) is 27.4 Å². The number of pyridine rings is 2. The molecule has 3 heterocycles. The van der Waals surface area contributed by atoms with E-state index in [1.54, 1.807) is 6.07 Å². The number of Topliss-reactive ketones (excluding diaryl/α,β-unsaturated/α-hetero) is 1. The fourth-order valence-corrected chi connectivity index (χ4v) is 5.86. The number of fused-ring (bicyclic) bond motifs is 6. The standard InChI is InChI=1S/C30H35F3N4O3S/c1-21-14-15-23-11-6-4-3-5-7-18-37(19-9-10-22(2)38)27-12-8-13-28(35-27)41(39,40)36-26-17-16-25(30(31,32)33)29(34-26)24(23)20-21/h8,12-17,20H,3-7,9-11,18-19H2,1-2H3,(H,34,36)/i1D3. The van der Waals surface area contributed by atoms with Crippen molar-refractivity contribution in [2.24, 2.45) is 0 Å². The van der Waals surface area contributed by atoms with E-state index >= 15 is 0 Å². The third kappa shape index (κ3) is 8.06. The highest BCUT2D eigenvalue weighted by molar-refractivity contribution is 7.92. The van der Waals surface area contributed by atoms with Crippen molar-refractivity contribution in [1.82, 2.24) is 9.97 Å². The Balaban J connectivity index is 1.82. The summed E-state index contributed by atoms with van der Waals surface area (Å²) in [7, 11) is -4.39. The second-order valence-electron chi connectivity index (χ2n) is 10.2. The zero-order chi connectivity index (χ0) is 32.1. The van der Waals surface area contributed by atoms with Crippen molar-refractivity contribution in [3.05, 3.63) is 65.2 Å². The van der Waals surface area contributed by atoms with Crippen molar-refractivity contribution in [2.75, 3.05) is 22.7 Å². The summed E-state index contributed by atoms with van der Waals surface area (Å²) in [5.74, 6) is 0.0918. The monoisotopic (exact) mass is 591 g/mol. The Hall–Kier alpha value is -3.47. The van der Waals surface area contributed by atoms with E-state index in [0.29, 0.717) is 50.2 Å². The number of benzene rings is 1. The van der Waals surface area contributed by atoms with Gasteiger partial charge in [-0.05, 0) is 75.4 Å². The molecule has 0 amide bonds. The number of carbonyl (C=O) groups excluding carboxylic acids is 1. The molecule has 0 saturated heterocycles. The van der Waals surface area contributed by atoms with Gasteiger partial charge in [0, 0.05) is 29.2 Å². The molecule has 0 spiro atoms. The van der Waals surface area contributed by atoms with Gasteiger partial charge in [0.1, 0.15) is 17.4 Å². The maximum atomic E-state index is 14.2. The molecule has 7 nitrogen and oxygen atoms in total. The van der Waals surface area contributed by atoms with Gasteiger partial charge in [-0.2, -0.15) is 21.6 Å². The van der Waals surface area contributed by atoms with Gasteiger partial charge < -0.3 is 9.69 Å². The first kappa shape index (κ1) is 26.4. The SMILES string of the molecule is [2H]C([2H])([2H])c1ccc2c(c1)-c1nc(ccc1C(F)(F)F)NS(=O)(=O)c1cccc(n1)N(CCCC(C)=O)CCCCCCC2. The van der Waals surface area contributed by atoms with Crippen molar-refractivity contribution >= 4 is 27.4 Å². The van der Waals surface area contributed by atoms with Crippen molar-refractivity contribution in [3.63, 3.8) is 0 Å². The predicted molar refractivity (Wildman–Crippen MR) is 153 cm³/mol. The molecule has 0 saturated carbocycles. The van der Waals surface area contributed by atoms with Crippen molar-refractivity contribution < 1.29 is 30.5 Å². The Labute approximate surface area is 243 Å². The average molecular weight is 592 g/mol. The van der Waals surface area contributed by atoms with E-state index in [4.69, 9.17) is 4.11 Å². The van der Waals surface area contributed by atoms with Crippen LogP contribution in [-0.4, -0.2) is 37.3 Å². The van der Waals surface area contributed by atoms with E-state index in [-0.39, 0.29) is 27.8 Å². The van der Waals surface area contributed by atoms with Crippen molar-refractivity contribution in [3.8, 4) is 11.3 Å². The minimum atomic E-state index is -4.84. The number of hydrogen-bond acceptors (Lipinski definition) is 6. The smallest absolute Gasteiger partial charge is 0.357 e. The van der Waals surface area contributed by atoms with Crippen LogP contribution in [0.1, 0.15) is 72.7 Å². The number of rotatable bonds is 4. The number of aryl methyl sites for hydroxylation is 2. The molecule has 0 unspecified atom stereocenters. The molecule has 41 heavy (non-hydrogen) atoms. The lowest BCUT2D eigenvalue weighted by atomic mass is 9.94. The van der Waals surface area contributed by atoms with Crippen molar-refractivity contribution in [2.45, 2.75) is 76.3 Å². The van der Waals surface area contributed by atoms with Crippen LogP contribution in [0.25, 0.3) is 11.3 Å². The van der Waals surface area contributed by atoms with Gasteiger partial charge in [0.25, 0.3) is 10.0 Å². The van der Waals surface area contributed by atoms with Gasteiger partial charge in [-0.1, -0.05) is 43.0 Å². The normalized spacial score (nSPS) is 17.6. The summed E-state index contributed by atoms with van der Waals surface area (Å²) in [6.45, 7) is 0.0474. The zero-order valence-electron chi connectivity index (χ0n) is 25.8. The number of sulfonamides is 1. The van der Waals surface area contributed by atoms with Crippen LogP contribution in [0, 0.1) is 6.85 Å². The summed E-state index contributed by atoms with van der Waals surface area (Å²) in [6.07, 6.45) is 0.465. The summed E-state index contributed by atoms with van der Waals surface area (Å²) < 4.78 is 95.2. The molecule has 11 heteroatoms. The zero-order valence-corrected chi connectivity index (χ0v) is 23.6. The minimum absolute atomic E-state index is 0.00515. The molecule has 1 aliphatic heterocycles. The molecular weight excluding hydrogens is 553 g/mol. The number of nitrogens with zero attached hydrogens (tertiary/aromatic N) is 3. The Morgan fingerprint density at radius 2 is 1.83 bits per heavy atom. The van der Waals surface area contributed by atoms with E-state index in [9.17, 15) is 26.4 Å². The predicted octanol–water partition coefficient (Wildman–Crippen LogP) is 6.95. The minimum Gasteiger partial charge on any atom is -0.357 e. The maximum absolute atomic E-state index is 14.2. The molecule has 0 atom stereocenters. The highest BCUT2D eigenvalue weighted by atomic mass is 32.2. The van der Waals surface area contributed by atoms with E-state index in [2.05, 4.69) is 14.7 Å². The number of hydrogen-bond donors (Lipinski definition) is 1. The lowest BCUT2D eigenvalue weighted by molar-refractivity contribution is -0.137. The number of alkyl halides is 3. The van der Waals surface area contributed by atoms with Gasteiger partial charge >= 0.3 is 6.18 Å². The fraction of sp³-hybridized carbons (Fsp3) is 0.433.